The molecule has 3 nitrogen and oxygen atoms in total. The number of rotatable bonds is 7. The monoisotopic (exact) mass is 228 g/mol. The molecule has 1 atom stereocenters. The standard InChI is InChI=1S/C11H20N2OS/c1-4-5-10(8-14-3)13-7-11-6-12-9(2)15-11/h6,10,13H,4-5,7-8H2,1-3H3. The van der Waals surface area contributed by atoms with Crippen molar-refractivity contribution in [1.82, 2.24) is 10.3 Å². The minimum absolute atomic E-state index is 0.461. The molecule has 0 aliphatic heterocycles. The molecule has 0 radical (unpaired) electrons. The van der Waals surface area contributed by atoms with Gasteiger partial charge in [0.05, 0.1) is 11.6 Å². The Labute approximate surface area is 95.9 Å². The summed E-state index contributed by atoms with van der Waals surface area (Å²) in [5.41, 5.74) is 0. The van der Waals surface area contributed by atoms with Gasteiger partial charge in [-0.15, -0.1) is 11.3 Å². The molecule has 0 bridgehead atoms. The van der Waals surface area contributed by atoms with Crippen LogP contribution in [0.1, 0.15) is 29.7 Å². The van der Waals surface area contributed by atoms with Crippen LogP contribution in [0.2, 0.25) is 0 Å². The van der Waals surface area contributed by atoms with Gasteiger partial charge in [-0.25, -0.2) is 4.98 Å². The largest absolute Gasteiger partial charge is 0.383 e. The summed E-state index contributed by atoms with van der Waals surface area (Å²) < 4.78 is 5.18. The maximum absolute atomic E-state index is 5.18. The third-order valence-electron chi connectivity index (χ3n) is 2.24. The Balaban J connectivity index is 2.32. The molecule has 0 aliphatic carbocycles. The van der Waals surface area contributed by atoms with Crippen molar-refractivity contribution < 1.29 is 4.74 Å². The summed E-state index contributed by atoms with van der Waals surface area (Å²) in [6, 6.07) is 0.461. The molecular formula is C11H20N2OS. The van der Waals surface area contributed by atoms with E-state index in [1.165, 1.54) is 11.3 Å². The maximum atomic E-state index is 5.18. The van der Waals surface area contributed by atoms with Crippen molar-refractivity contribution in [2.75, 3.05) is 13.7 Å². The van der Waals surface area contributed by atoms with E-state index in [-0.39, 0.29) is 0 Å². The second-order valence-corrected chi connectivity index (χ2v) is 4.99. The topological polar surface area (TPSA) is 34.1 Å². The second kappa shape index (κ2) is 6.93. The molecule has 86 valence electrons. The fourth-order valence-electron chi connectivity index (χ4n) is 1.53. The Hall–Kier alpha value is -0.450. The van der Waals surface area contributed by atoms with Crippen molar-refractivity contribution in [2.45, 2.75) is 39.3 Å². The Kier molecular flexibility index (Phi) is 5.83. The van der Waals surface area contributed by atoms with E-state index in [9.17, 15) is 0 Å². The number of nitrogens with one attached hydrogen (secondary N) is 1. The highest BCUT2D eigenvalue weighted by Gasteiger charge is 2.07. The molecule has 1 rings (SSSR count). The van der Waals surface area contributed by atoms with Gasteiger partial charge < -0.3 is 10.1 Å². The molecular weight excluding hydrogens is 208 g/mol. The summed E-state index contributed by atoms with van der Waals surface area (Å²) in [6.45, 7) is 5.92. The fraction of sp³-hybridized carbons (Fsp3) is 0.727. The zero-order chi connectivity index (χ0) is 11.1. The van der Waals surface area contributed by atoms with Gasteiger partial charge in [0.15, 0.2) is 0 Å². The third-order valence-corrected chi connectivity index (χ3v) is 3.15. The fourth-order valence-corrected chi connectivity index (χ4v) is 2.27. The Morgan fingerprint density at radius 2 is 2.40 bits per heavy atom. The number of methoxy groups -OCH3 is 1. The van der Waals surface area contributed by atoms with Crippen LogP contribution in [-0.4, -0.2) is 24.7 Å². The molecule has 0 aromatic carbocycles. The van der Waals surface area contributed by atoms with Gasteiger partial charge in [-0.2, -0.15) is 0 Å². The van der Waals surface area contributed by atoms with Gasteiger partial charge >= 0.3 is 0 Å². The van der Waals surface area contributed by atoms with Gasteiger partial charge in [-0.1, -0.05) is 13.3 Å². The number of thiazole rings is 1. The predicted octanol–water partition coefficient (Wildman–Crippen LogP) is 2.36. The number of ether oxygens (including phenoxy) is 1. The third kappa shape index (κ3) is 4.73. The lowest BCUT2D eigenvalue weighted by molar-refractivity contribution is 0.161. The van der Waals surface area contributed by atoms with Crippen LogP contribution in [0.5, 0.6) is 0 Å². The van der Waals surface area contributed by atoms with E-state index >= 15 is 0 Å². The van der Waals surface area contributed by atoms with Crippen LogP contribution in [0.4, 0.5) is 0 Å². The minimum Gasteiger partial charge on any atom is -0.383 e. The molecule has 1 heterocycles. The van der Waals surface area contributed by atoms with Gasteiger partial charge in [0.25, 0.3) is 0 Å². The smallest absolute Gasteiger partial charge is 0.0897 e. The number of aromatic nitrogens is 1. The summed E-state index contributed by atoms with van der Waals surface area (Å²) in [6.07, 6.45) is 4.29. The lowest BCUT2D eigenvalue weighted by Gasteiger charge is -2.16. The number of hydrogen-bond donors (Lipinski definition) is 1. The van der Waals surface area contributed by atoms with E-state index in [1.807, 2.05) is 13.1 Å². The molecule has 0 fully saturated rings. The van der Waals surface area contributed by atoms with Crippen molar-refractivity contribution in [2.24, 2.45) is 0 Å². The van der Waals surface area contributed by atoms with E-state index in [0.29, 0.717) is 6.04 Å². The highest BCUT2D eigenvalue weighted by atomic mass is 32.1. The number of hydrogen-bond acceptors (Lipinski definition) is 4. The lowest BCUT2D eigenvalue weighted by atomic mass is 10.2. The van der Waals surface area contributed by atoms with Crippen LogP contribution < -0.4 is 5.32 Å². The van der Waals surface area contributed by atoms with Gasteiger partial charge in [0.2, 0.25) is 0 Å². The van der Waals surface area contributed by atoms with Crippen LogP contribution in [0.25, 0.3) is 0 Å². The zero-order valence-electron chi connectivity index (χ0n) is 9.75. The second-order valence-electron chi connectivity index (χ2n) is 3.67. The Morgan fingerprint density at radius 1 is 1.60 bits per heavy atom. The average molecular weight is 228 g/mol. The number of nitrogens with zero attached hydrogens (tertiary/aromatic N) is 1. The van der Waals surface area contributed by atoms with Crippen molar-refractivity contribution in [3.63, 3.8) is 0 Å². The molecule has 15 heavy (non-hydrogen) atoms. The molecule has 4 heteroatoms. The maximum Gasteiger partial charge on any atom is 0.0897 e. The minimum atomic E-state index is 0.461. The molecule has 0 saturated carbocycles. The van der Waals surface area contributed by atoms with E-state index in [1.54, 1.807) is 18.4 Å². The van der Waals surface area contributed by atoms with Crippen LogP contribution in [-0.2, 0) is 11.3 Å². The Morgan fingerprint density at radius 3 is 2.93 bits per heavy atom. The first kappa shape index (κ1) is 12.6. The number of aryl methyl sites for hydroxylation is 1. The molecule has 0 amide bonds. The summed E-state index contributed by atoms with van der Waals surface area (Å²) >= 11 is 1.75. The van der Waals surface area contributed by atoms with Crippen molar-refractivity contribution in [3.05, 3.63) is 16.1 Å². The van der Waals surface area contributed by atoms with E-state index in [4.69, 9.17) is 4.74 Å². The molecule has 1 N–H and O–H groups in total. The van der Waals surface area contributed by atoms with Crippen LogP contribution >= 0.6 is 11.3 Å². The predicted molar refractivity (Wildman–Crippen MR) is 64.3 cm³/mol. The Bertz CT molecular complexity index is 269. The average Bonchev–Trinajstić information content (AvgIpc) is 2.61. The van der Waals surface area contributed by atoms with Gasteiger partial charge in [0.1, 0.15) is 0 Å². The van der Waals surface area contributed by atoms with Gasteiger partial charge in [0, 0.05) is 30.8 Å². The van der Waals surface area contributed by atoms with Crippen molar-refractivity contribution >= 4 is 11.3 Å². The van der Waals surface area contributed by atoms with Gasteiger partial charge in [-0.05, 0) is 13.3 Å². The van der Waals surface area contributed by atoms with E-state index in [2.05, 4.69) is 17.2 Å². The molecule has 0 spiro atoms. The highest BCUT2D eigenvalue weighted by molar-refractivity contribution is 7.11. The summed E-state index contributed by atoms with van der Waals surface area (Å²) in [7, 11) is 1.75. The summed E-state index contributed by atoms with van der Waals surface area (Å²) in [5.74, 6) is 0. The molecule has 1 aromatic heterocycles. The molecule has 0 saturated heterocycles. The normalized spacial score (nSPS) is 13.0. The van der Waals surface area contributed by atoms with Crippen LogP contribution in [0.15, 0.2) is 6.20 Å². The van der Waals surface area contributed by atoms with Crippen molar-refractivity contribution in [1.29, 1.82) is 0 Å². The first-order valence-electron chi connectivity index (χ1n) is 5.40. The lowest BCUT2D eigenvalue weighted by Crippen LogP contribution is -2.32. The molecule has 1 aromatic rings. The van der Waals surface area contributed by atoms with Crippen LogP contribution in [0, 0.1) is 6.92 Å². The molecule has 1 unspecified atom stereocenters. The van der Waals surface area contributed by atoms with E-state index in [0.717, 1.165) is 24.6 Å². The quantitative estimate of drug-likeness (QED) is 0.778. The SMILES string of the molecule is CCCC(COC)NCc1cnc(C)s1. The summed E-state index contributed by atoms with van der Waals surface area (Å²) in [4.78, 5) is 5.53. The highest BCUT2D eigenvalue weighted by Crippen LogP contribution is 2.11. The van der Waals surface area contributed by atoms with Gasteiger partial charge in [-0.3, -0.25) is 0 Å². The van der Waals surface area contributed by atoms with E-state index < -0.39 is 0 Å². The summed E-state index contributed by atoms with van der Waals surface area (Å²) in [5, 5.41) is 4.63. The van der Waals surface area contributed by atoms with Crippen molar-refractivity contribution in [3.8, 4) is 0 Å². The molecule has 0 aliphatic rings. The first-order valence-corrected chi connectivity index (χ1v) is 6.21. The first-order chi connectivity index (χ1) is 7.26. The zero-order valence-corrected chi connectivity index (χ0v) is 10.6. The van der Waals surface area contributed by atoms with Crippen LogP contribution in [0.3, 0.4) is 0 Å².